The lowest BCUT2D eigenvalue weighted by Gasteiger charge is -2.17. The Balaban J connectivity index is 2.15. The van der Waals surface area contributed by atoms with E-state index in [1.807, 2.05) is 6.07 Å². The number of amides is 1. The number of carbonyl (C=O) groups is 1. The fraction of sp³-hybridized carbons (Fsp3) is 0.158. The number of carbonyl (C=O) groups excluding carboxylic acids is 1. The van der Waals surface area contributed by atoms with E-state index in [9.17, 15) is 4.79 Å². The number of ether oxygens (including phenoxy) is 2. The van der Waals surface area contributed by atoms with Crippen molar-refractivity contribution < 1.29 is 14.3 Å². The van der Waals surface area contributed by atoms with E-state index in [-0.39, 0.29) is 12.5 Å². The molecule has 134 valence electrons. The molecule has 0 aliphatic carbocycles. The Morgan fingerprint density at radius 2 is 2.00 bits per heavy atom. The molecule has 0 atom stereocenters. The molecule has 2 rings (SSSR count). The van der Waals surface area contributed by atoms with Crippen molar-refractivity contribution in [3.63, 3.8) is 0 Å². The minimum absolute atomic E-state index is 0.195. The Bertz CT molecular complexity index is 862. The number of nitrogens with zero attached hydrogens (tertiary/aromatic N) is 2. The van der Waals surface area contributed by atoms with Crippen LogP contribution in [-0.4, -0.2) is 31.0 Å². The highest BCUT2D eigenvalue weighted by Crippen LogP contribution is 2.35. The standard InChI is InChI=1S/C19H16Cl2N2O3/c1-3-19(24)23(2)6-7-25-18-11-14(20)4-5-17(18)26-16-9-13(12-22)8-15(21)10-16/h3-5,8-11H,1,6-7H2,2H3. The van der Waals surface area contributed by atoms with Crippen LogP contribution < -0.4 is 9.47 Å². The summed E-state index contributed by atoms with van der Waals surface area (Å²) < 4.78 is 11.5. The Hall–Kier alpha value is -2.68. The van der Waals surface area contributed by atoms with Crippen molar-refractivity contribution in [1.82, 2.24) is 4.90 Å². The maximum Gasteiger partial charge on any atom is 0.245 e. The van der Waals surface area contributed by atoms with Gasteiger partial charge in [-0.3, -0.25) is 4.79 Å². The normalized spacial score (nSPS) is 9.92. The lowest BCUT2D eigenvalue weighted by Crippen LogP contribution is -2.29. The molecule has 0 radical (unpaired) electrons. The lowest BCUT2D eigenvalue weighted by atomic mass is 10.2. The topological polar surface area (TPSA) is 62.6 Å². The van der Waals surface area contributed by atoms with Crippen LogP contribution in [0.1, 0.15) is 5.56 Å². The van der Waals surface area contributed by atoms with Gasteiger partial charge in [-0.05, 0) is 36.4 Å². The second-order valence-corrected chi connectivity index (χ2v) is 6.17. The van der Waals surface area contributed by atoms with Crippen LogP contribution in [0.5, 0.6) is 17.2 Å². The Kier molecular flexibility index (Phi) is 6.90. The van der Waals surface area contributed by atoms with Gasteiger partial charge < -0.3 is 14.4 Å². The SMILES string of the molecule is C=CC(=O)N(C)CCOc1cc(Cl)ccc1Oc1cc(Cl)cc(C#N)c1. The quantitative estimate of drug-likeness (QED) is 0.643. The fourth-order valence-electron chi connectivity index (χ4n) is 2.05. The highest BCUT2D eigenvalue weighted by Gasteiger charge is 2.11. The molecule has 0 unspecified atom stereocenters. The predicted octanol–water partition coefficient (Wildman–Crippen LogP) is 4.68. The summed E-state index contributed by atoms with van der Waals surface area (Å²) in [5, 5.41) is 9.90. The predicted molar refractivity (Wildman–Crippen MR) is 101 cm³/mol. The Morgan fingerprint density at radius 3 is 2.69 bits per heavy atom. The summed E-state index contributed by atoms with van der Waals surface area (Å²) in [4.78, 5) is 13.0. The molecule has 2 aromatic carbocycles. The zero-order valence-corrected chi connectivity index (χ0v) is 15.5. The zero-order valence-electron chi connectivity index (χ0n) is 14.0. The van der Waals surface area contributed by atoms with Crippen molar-refractivity contribution in [1.29, 1.82) is 5.26 Å². The minimum atomic E-state index is -0.195. The maximum atomic E-state index is 11.5. The summed E-state index contributed by atoms with van der Waals surface area (Å²) in [5.41, 5.74) is 0.383. The van der Waals surface area contributed by atoms with Gasteiger partial charge in [-0.1, -0.05) is 29.8 Å². The molecular weight excluding hydrogens is 375 g/mol. The Morgan fingerprint density at radius 1 is 1.23 bits per heavy atom. The number of likely N-dealkylation sites (N-methyl/N-ethyl adjacent to an activating group) is 1. The van der Waals surface area contributed by atoms with E-state index in [4.69, 9.17) is 37.9 Å². The van der Waals surface area contributed by atoms with Crippen LogP contribution in [0.25, 0.3) is 0 Å². The van der Waals surface area contributed by atoms with Crippen LogP contribution in [-0.2, 0) is 4.79 Å². The minimum Gasteiger partial charge on any atom is -0.488 e. The third kappa shape index (κ3) is 5.41. The van der Waals surface area contributed by atoms with E-state index in [1.54, 1.807) is 43.4 Å². The largest absolute Gasteiger partial charge is 0.488 e. The highest BCUT2D eigenvalue weighted by atomic mass is 35.5. The average Bonchev–Trinajstić information content (AvgIpc) is 2.62. The summed E-state index contributed by atoms with van der Waals surface area (Å²) in [7, 11) is 1.65. The van der Waals surface area contributed by atoms with Crippen molar-refractivity contribution in [2.24, 2.45) is 0 Å². The monoisotopic (exact) mass is 390 g/mol. The third-order valence-electron chi connectivity index (χ3n) is 3.37. The van der Waals surface area contributed by atoms with Gasteiger partial charge in [-0.2, -0.15) is 5.26 Å². The molecule has 0 saturated carbocycles. The van der Waals surface area contributed by atoms with Crippen molar-refractivity contribution in [2.45, 2.75) is 0 Å². The number of nitriles is 1. The number of hydrogen-bond acceptors (Lipinski definition) is 4. The molecule has 5 nitrogen and oxygen atoms in total. The van der Waals surface area contributed by atoms with Gasteiger partial charge in [-0.25, -0.2) is 0 Å². The van der Waals surface area contributed by atoms with E-state index in [0.717, 1.165) is 0 Å². The van der Waals surface area contributed by atoms with Crippen LogP contribution in [0.3, 0.4) is 0 Å². The van der Waals surface area contributed by atoms with Crippen LogP contribution in [0.15, 0.2) is 49.1 Å². The molecule has 2 aromatic rings. The number of halogens is 2. The molecule has 0 spiro atoms. The molecule has 0 N–H and O–H groups in total. The van der Waals surface area contributed by atoms with E-state index in [1.165, 1.54) is 11.0 Å². The summed E-state index contributed by atoms with van der Waals surface area (Å²) in [6, 6.07) is 11.7. The van der Waals surface area contributed by atoms with Gasteiger partial charge in [0.2, 0.25) is 5.91 Å². The van der Waals surface area contributed by atoms with Gasteiger partial charge in [0.05, 0.1) is 18.2 Å². The molecule has 0 heterocycles. The van der Waals surface area contributed by atoms with Gasteiger partial charge >= 0.3 is 0 Å². The van der Waals surface area contributed by atoms with E-state index < -0.39 is 0 Å². The molecule has 0 fully saturated rings. The van der Waals surface area contributed by atoms with Gasteiger partial charge in [0.15, 0.2) is 11.5 Å². The molecule has 1 amide bonds. The first-order valence-corrected chi connectivity index (χ1v) is 8.37. The van der Waals surface area contributed by atoms with Gasteiger partial charge in [0, 0.05) is 23.2 Å². The highest BCUT2D eigenvalue weighted by molar-refractivity contribution is 6.31. The van der Waals surface area contributed by atoms with Crippen LogP contribution in [0, 0.1) is 11.3 Å². The molecule has 26 heavy (non-hydrogen) atoms. The zero-order chi connectivity index (χ0) is 19.1. The molecule has 0 aliphatic heterocycles. The molecule has 7 heteroatoms. The molecule has 0 aromatic heterocycles. The van der Waals surface area contributed by atoms with Crippen LogP contribution in [0.4, 0.5) is 0 Å². The Labute approximate surface area is 162 Å². The van der Waals surface area contributed by atoms with Gasteiger partial charge in [0.25, 0.3) is 0 Å². The fourth-order valence-corrected chi connectivity index (χ4v) is 2.44. The van der Waals surface area contributed by atoms with Crippen LogP contribution in [0.2, 0.25) is 10.0 Å². The first kappa shape index (κ1) is 19.6. The van der Waals surface area contributed by atoms with Gasteiger partial charge in [-0.15, -0.1) is 0 Å². The molecule has 0 saturated heterocycles. The summed E-state index contributed by atoms with van der Waals surface area (Å²) in [6.07, 6.45) is 1.24. The second kappa shape index (κ2) is 9.14. The van der Waals surface area contributed by atoms with Gasteiger partial charge in [0.1, 0.15) is 12.4 Å². The maximum absolute atomic E-state index is 11.5. The van der Waals surface area contributed by atoms with E-state index in [0.29, 0.717) is 39.4 Å². The molecule has 0 aliphatic rings. The van der Waals surface area contributed by atoms with Crippen LogP contribution >= 0.6 is 23.2 Å². The first-order chi connectivity index (χ1) is 12.4. The lowest BCUT2D eigenvalue weighted by molar-refractivity contribution is -0.125. The number of rotatable bonds is 7. The smallest absolute Gasteiger partial charge is 0.245 e. The molecular formula is C19H16Cl2N2O3. The molecule has 0 bridgehead atoms. The van der Waals surface area contributed by atoms with Crippen molar-refractivity contribution in [3.05, 3.63) is 64.7 Å². The second-order valence-electron chi connectivity index (χ2n) is 5.29. The number of benzene rings is 2. The number of hydrogen-bond donors (Lipinski definition) is 0. The average molecular weight is 391 g/mol. The summed E-state index contributed by atoms with van der Waals surface area (Å²) in [5.74, 6) is 1.04. The summed E-state index contributed by atoms with van der Waals surface area (Å²) >= 11 is 12.0. The van der Waals surface area contributed by atoms with E-state index >= 15 is 0 Å². The summed E-state index contributed by atoms with van der Waals surface area (Å²) in [6.45, 7) is 4.05. The van der Waals surface area contributed by atoms with Crippen molar-refractivity contribution in [3.8, 4) is 23.3 Å². The van der Waals surface area contributed by atoms with E-state index in [2.05, 4.69) is 6.58 Å². The first-order valence-electron chi connectivity index (χ1n) is 7.61. The van der Waals surface area contributed by atoms with Crippen molar-refractivity contribution in [2.75, 3.05) is 20.2 Å². The third-order valence-corrected chi connectivity index (χ3v) is 3.82. The van der Waals surface area contributed by atoms with Crippen molar-refractivity contribution >= 4 is 29.1 Å².